The van der Waals surface area contributed by atoms with Crippen LogP contribution in [0.25, 0.3) is 33.4 Å². The Bertz CT molecular complexity index is 2510. The summed E-state index contributed by atoms with van der Waals surface area (Å²) in [4.78, 5) is 2.74. The number of aliphatic hydroxyl groups is 1. The molecular weight excluding hydrogens is 876 g/mol. The molecule has 334 valence electrons. The topological polar surface area (TPSA) is 75.2 Å². The number of hydrogen-bond donors (Lipinski definition) is 3. The molecule has 0 radical (unpaired) electrons. The second kappa shape index (κ2) is 20.5. The van der Waals surface area contributed by atoms with Gasteiger partial charge >= 0.3 is 0 Å². The summed E-state index contributed by atoms with van der Waals surface area (Å²) in [5.74, 6) is -44.0. The van der Waals surface area contributed by atoms with E-state index in [-0.39, 0.29) is 6.07 Å². The van der Waals surface area contributed by atoms with E-state index in [0.717, 1.165) is 0 Å². The van der Waals surface area contributed by atoms with Gasteiger partial charge in [0, 0.05) is 12.2 Å². The van der Waals surface area contributed by atoms with E-state index in [1.54, 1.807) is 0 Å². The van der Waals surface area contributed by atoms with E-state index in [1.165, 1.54) is 21.2 Å². The summed E-state index contributed by atoms with van der Waals surface area (Å²) in [6, 6.07) is 20.6. The third-order valence-electron chi connectivity index (χ3n) is 9.19. The highest BCUT2D eigenvalue weighted by molar-refractivity contribution is 6.56. The Hall–Kier alpha value is -5.87. The van der Waals surface area contributed by atoms with Gasteiger partial charge in [0.05, 0.1) is 44.9 Å². The van der Waals surface area contributed by atoms with Crippen molar-refractivity contribution in [3.8, 4) is 33.4 Å². The highest BCUT2D eigenvalue weighted by Gasteiger charge is 2.38. The Kier molecular flexibility index (Phi) is 16.2. The van der Waals surface area contributed by atoms with Crippen LogP contribution in [0.15, 0.2) is 66.7 Å². The molecule has 6 rings (SSSR count). The standard InChI is InChI=1S/C26H6BF15O3.2C8H11N/c28-12-9(13(29)19(35)24(40)18(12)34)5-3-6(27(44)45)4(1-2-43)7(10-14(30)20(36)25(41)21(37)15(10)31)8(5)11-16(32)22(38)26(42)23(39)17(11)33;2*1-9(2)8-6-4-3-5-7-8/h3,43H,1-2H2;2*3-7H,1-2H3/q-2;;/p+2. The summed E-state index contributed by atoms with van der Waals surface area (Å²) in [5.41, 5.74) is -14.1. The van der Waals surface area contributed by atoms with Crippen LogP contribution in [0.2, 0.25) is 0 Å². The fourth-order valence-electron chi connectivity index (χ4n) is 6.10. The monoisotopic (exact) mass is 906 g/mol. The van der Waals surface area contributed by atoms with E-state index < -0.39 is 152 Å². The van der Waals surface area contributed by atoms with Gasteiger partial charge in [-0.15, -0.1) is 5.46 Å². The van der Waals surface area contributed by atoms with Gasteiger partial charge in [-0.3, -0.25) is 0 Å². The van der Waals surface area contributed by atoms with Crippen molar-refractivity contribution in [3.63, 3.8) is 0 Å². The van der Waals surface area contributed by atoms with Gasteiger partial charge in [0.2, 0.25) is 17.5 Å². The first-order chi connectivity index (χ1) is 29.5. The molecular formula is C42H30BF15N2O3. The van der Waals surface area contributed by atoms with Gasteiger partial charge in [-0.05, 0) is 47.4 Å². The summed E-state index contributed by atoms with van der Waals surface area (Å²) in [6.07, 6.45) is -1.34. The Labute approximate surface area is 348 Å². The molecule has 0 aliphatic rings. The number of halogens is 15. The Morgan fingerprint density at radius 3 is 0.968 bits per heavy atom. The van der Waals surface area contributed by atoms with E-state index in [2.05, 4.69) is 76.7 Å². The molecule has 0 spiro atoms. The van der Waals surface area contributed by atoms with Crippen molar-refractivity contribution in [2.24, 2.45) is 0 Å². The molecule has 0 fully saturated rings. The number of benzene rings is 6. The molecule has 5 nitrogen and oxygen atoms in total. The summed E-state index contributed by atoms with van der Waals surface area (Å²) < 4.78 is 218. The predicted molar refractivity (Wildman–Crippen MR) is 196 cm³/mol. The lowest BCUT2D eigenvalue weighted by molar-refractivity contribution is -0.786. The van der Waals surface area contributed by atoms with Crippen LogP contribution >= 0.6 is 0 Å². The molecule has 0 heterocycles. The number of rotatable bonds is 8. The van der Waals surface area contributed by atoms with Gasteiger partial charge in [-0.25, -0.2) is 65.9 Å². The molecule has 0 atom stereocenters. The molecule has 63 heavy (non-hydrogen) atoms. The lowest BCUT2D eigenvalue weighted by atomic mass is 9.70. The highest BCUT2D eigenvalue weighted by Crippen LogP contribution is 2.48. The van der Waals surface area contributed by atoms with E-state index in [0.29, 0.717) is 0 Å². The van der Waals surface area contributed by atoms with Crippen LogP contribution < -0.4 is 25.3 Å². The molecule has 0 bridgehead atoms. The maximum absolute atomic E-state index is 15.2. The van der Waals surface area contributed by atoms with Crippen LogP contribution in [-0.4, -0.2) is 47.0 Å². The molecule has 21 heteroatoms. The zero-order chi connectivity index (χ0) is 47.4. The number of quaternary nitrogens is 2. The van der Waals surface area contributed by atoms with Gasteiger partial charge in [0.1, 0.15) is 11.4 Å². The van der Waals surface area contributed by atoms with Crippen molar-refractivity contribution in [2.45, 2.75) is 6.42 Å². The third kappa shape index (κ3) is 9.87. The largest absolute Gasteiger partial charge is 0.889 e. The fraction of sp³-hybridized carbons (Fsp3) is 0.143. The van der Waals surface area contributed by atoms with E-state index in [9.17, 15) is 54.7 Å². The van der Waals surface area contributed by atoms with Gasteiger partial charge in [-0.2, -0.15) is 0 Å². The zero-order valence-corrected chi connectivity index (χ0v) is 32.8. The predicted octanol–water partition coefficient (Wildman–Crippen LogP) is 5.65. The fourth-order valence-corrected chi connectivity index (χ4v) is 6.10. The first-order valence-electron chi connectivity index (χ1n) is 17.9. The Morgan fingerprint density at radius 1 is 0.413 bits per heavy atom. The Balaban J connectivity index is 0.000000396. The molecule has 3 N–H and O–H groups in total. The Morgan fingerprint density at radius 2 is 0.698 bits per heavy atom. The molecule has 0 aromatic heterocycles. The average molecular weight is 906 g/mol. The molecule has 0 unspecified atom stereocenters. The molecule has 6 aromatic carbocycles. The first-order valence-corrected chi connectivity index (χ1v) is 17.9. The van der Waals surface area contributed by atoms with Crippen LogP contribution in [0, 0.1) is 87.3 Å². The normalized spacial score (nSPS) is 11.1. The molecule has 0 saturated carbocycles. The maximum Gasteiger partial charge on any atom is 0.200 e. The van der Waals surface area contributed by atoms with Crippen LogP contribution in [0.3, 0.4) is 0 Å². The van der Waals surface area contributed by atoms with Gasteiger partial charge in [0.15, 0.2) is 69.8 Å². The van der Waals surface area contributed by atoms with Crippen LogP contribution in [0.5, 0.6) is 0 Å². The quantitative estimate of drug-likeness (QED) is 0.0802. The van der Waals surface area contributed by atoms with Gasteiger partial charge in [-0.1, -0.05) is 49.6 Å². The smallest absolute Gasteiger partial charge is 0.200 e. The number of nitrogens with one attached hydrogen (secondary N) is 2. The summed E-state index contributed by atoms with van der Waals surface area (Å²) in [6.45, 7) is -1.37. The number of aliphatic hydroxyl groups excluding tert-OH is 1. The van der Waals surface area contributed by atoms with Crippen LogP contribution in [-0.2, 0) is 6.42 Å². The lowest BCUT2D eigenvalue weighted by Gasteiger charge is -2.34. The van der Waals surface area contributed by atoms with E-state index >= 15 is 26.3 Å². The van der Waals surface area contributed by atoms with Crippen LogP contribution in [0.4, 0.5) is 77.2 Å². The number of hydrogen-bond acceptors (Lipinski definition) is 3. The SMILES string of the molecule is C[NH+](C)c1ccccc1.C[NH+](C)c1ccccc1.[O-]B([O-])c1cc(-c2c(F)c(F)c(F)c(F)c2F)c(-c2c(F)c(F)c(F)c(F)c2F)c(-c2c(F)c(F)c(F)c(F)c2F)c1CCO. The van der Waals surface area contributed by atoms with E-state index in [1.807, 2.05) is 12.1 Å². The van der Waals surface area contributed by atoms with Gasteiger partial charge in [0.25, 0.3) is 0 Å². The number of para-hydroxylation sites is 2. The molecule has 0 saturated heterocycles. The average Bonchev–Trinajstić information content (AvgIpc) is 3.27. The molecule has 0 aliphatic carbocycles. The second-order valence-electron chi connectivity index (χ2n) is 13.6. The van der Waals surface area contributed by atoms with Crippen molar-refractivity contribution < 1.29 is 90.8 Å². The molecule has 0 amide bonds. The lowest BCUT2D eigenvalue weighted by Crippen LogP contribution is -3.00. The van der Waals surface area contributed by atoms with Crippen LogP contribution in [0.1, 0.15) is 5.56 Å². The van der Waals surface area contributed by atoms with Crippen molar-refractivity contribution in [1.82, 2.24) is 0 Å². The van der Waals surface area contributed by atoms with Crippen molar-refractivity contribution in [1.29, 1.82) is 0 Å². The minimum Gasteiger partial charge on any atom is -0.889 e. The maximum atomic E-state index is 15.2. The summed E-state index contributed by atoms with van der Waals surface area (Å²) in [5, 5.41) is 33.7. The minimum atomic E-state index is -3.60. The third-order valence-corrected chi connectivity index (χ3v) is 9.19. The molecule has 6 aromatic rings. The minimum absolute atomic E-state index is 0.225. The van der Waals surface area contributed by atoms with Crippen molar-refractivity contribution >= 4 is 24.0 Å². The van der Waals surface area contributed by atoms with Crippen molar-refractivity contribution in [3.05, 3.63) is 160 Å². The highest BCUT2D eigenvalue weighted by atomic mass is 19.2. The van der Waals surface area contributed by atoms with Gasteiger partial charge < -0.3 is 25.0 Å². The summed E-state index contributed by atoms with van der Waals surface area (Å²) in [7, 11) is 4.88. The first kappa shape index (κ1) is 49.8. The second-order valence-corrected chi connectivity index (χ2v) is 13.6. The van der Waals surface area contributed by atoms with E-state index in [4.69, 9.17) is 0 Å². The zero-order valence-electron chi connectivity index (χ0n) is 32.8. The summed E-state index contributed by atoms with van der Waals surface area (Å²) >= 11 is 0. The molecule has 0 aliphatic heterocycles. The van der Waals surface area contributed by atoms with Crippen molar-refractivity contribution in [2.75, 3.05) is 34.8 Å².